The van der Waals surface area contributed by atoms with Crippen molar-refractivity contribution < 1.29 is 19.1 Å². The van der Waals surface area contributed by atoms with Crippen molar-refractivity contribution in [2.24, 2.45) is 0 Å². The lowest BCUT2D eigenvalue weighted by atomic mass is 10.1. The third-order valence-electron chi connectivity index (χ3n) is 3.45. The van der Waals surface area contributed by atoms with Crippen molar-refractivity contribution in [3.63, 3.8) is 0 Å². The van der Waals surface area contributed by atoms with Gasteiger partial charge in [-0.25, -0.2) is 9.59 Å². The molecule has 0 spiro atoms. The molecule has 4 nitrogen and oxygen atoms in total. The number of allylic oxidation sites excluding steroid dienone is 2. The van der Waals surface area contributed by atoms with Gasteiger partial charge in [0.2, 0.25) is 0 Å². The topological polar surface area (TPSA) is 52.6 Å². The first kappa shape index (κ1) is 17.5. The predicted molar refractivity (Wildman–Crippen MR) is 81.7 cm³/mol. The number of carbonyl (C=O) groups excluding carboxylic acids is 2. The Balaban J connectivity index is 0.000000219. The van der Waals surface area contributed by atoms with E-state index in [4.69, 9.17) is 9.47 Å². The van der Waals surface area contributed by atoms with Gasteiger partial charge in [-0.05, 0) is 27.2 Å². The first-order valence-electron chi connectivity index (χ1n) is 7.74. The summed E-state index contributed by atoms with van der Waals surface area (Å²) in [4.78, 5) is 21.8. The van der Waals surface area contributed by atoms with Gasteiger partial charge in [-0.3, -0.25) is 0 Å². The second-order valence-electron chi connectivity index (χ2n) is 5.53. The normalized spacial score (nSPS) is 28.4. The van der Waals surface area contributed by atoms with E-state index in [1.165, 1.54) is 6.42 Å². The van der Waals surface area contributed by atoms with Crippen molar-refractivity contribution in [2.75, 3.05) is 0 Å². The number of ether oxygens (including phenoxy) is 2. The lowest BCUT2D eigenvalue weighted by molar-refractivity contribution is -0.139. The molecule has 0 aliphatic carbocycles. The fraction of sp³-hybridized carbons (Fsp3) is 0.647. The monoisotopic (exact) mass is 294 g/mol. The lowest BCUT2D eigenvalue weighted by Gasteiger charge is -1.94. The van der Waals surface area contributed by atoms with Crippen LogP contribution < -0.4 is 0 Å². The molecule has 0 bridgehead atoms. The maximum absolute atomic E-state index is 11.1. The highest BCUT2D eigenvalue weighted by atomic mass is 16.6. The summed E-state index contributed by atoms with van der Waals surface area (Å²) in [6.45, 7) is 7.83. The van der Waals surface area contributed by atoms with E-state index in [-0.39, 0.29) is 24.1 Å². The Kier molecular flexibility index (Phi) is 7.20. The molecule has 4 heteroatoms. The number of carbonyl (C=O) groups is 2. The zero-order valence-electron chi connectivity index (χ0n) is 13.5. The molecule has 0 amide bonds. The third kappa shape index (κ3) is 5.74. The van der Waals surface area contributed by atoms with Crippen LogP contribution in [0.15, 0.2) is 23.3 Å². The quantitative estimate of drug-likeness (QED) is 0.452. The smallest absolute Gasteiger partial charge is 0.334 e. The average molecular weight is 294 g/mol. The molecule has 118 valence electrons. The van der Waals surface area contributed by atoms with Crippen LogP contribution in [-0.4, -0.2) is 24.1 Å². The van der Waals surface area contributed by atoms with Gasteiger partial charge in [0.1, 0.15) is 12.2 Å². The van der Waals surface area contributed by atoms with Crippen molar-refractivity contribution in [1.29, 1.82) is 0 Å². The molecule has 2 atom stereocenters. The van der Waals surface area contributed by atoms with Gasteiger partial charge in [-0.1, -0.05) is 31.9 Å². The van der Waals surface area contributed by atoms with Crippen LogP contribution in [0, 0.1) is 0 Å². The molecule has 0 N–H and O–H groups in total. The van der Waals surface area contributed by atoms with Crippen molar-refractivity contribution in [2.45, 2.75) is 72.0 Å². The Morgan fingerprint density at radius 3 is 1.90 bits per heavy atom. The molecule has 0 aromatic heterocycles. The summed E-state index contributed by atoms with van der Waals surface area (Å²) in [5.74, 6) is -0.261. The summed E-state index contributed by atoms with van der Waals surface area (Å²) in [6, 6.07) is 0. The maximum atomic E-state index is 11.1. The summed E-state index contributed by atoms with van der Waals surface area (Å²) >= 11 is 0. The van der Waals surface area contributed by atoms with Crippen molar-refractivity contribution in [3.05, 3.63) is 23.3 Å². The molecular weight excluding hydrogens is 268 g/mol. The Morgan fingerprint density at radius 1 is 1.05 bits per heavy atom. The molecule has 2 rings (SSSR count). The zero-order chi connectivity index (χ0) is 15.8. The molecule has 0 radical (unpaired) electrons. The molecule has 0 aromatic rings. The van der Waals surface area contributed by atoms with Crippen LogP contribution in [0.4, 0.5) is 0 Å². The van der Waals surface area contributed by atoms with Gasteiger partial charge in [-0.2, -0.15) is 0 Å². The second-order valence-corrected chi connectivity index (χ2v) is 5.53. The van der Waals surface area contributed by atoms with E-state index in [1.54, 1.807) is 0 Å². The number of hydrogen-bond acceptors (Lipinski definition) is 4. The van der Waals surface area contributed by atoms with Gasteiger partial charge >= 0.3 is 11.9 Å². The van der Waals surface area contributed by atoms with E-state index in [0.717, 1.165) is 36.8 Å². The lowest BCUT2D eigenvalue weighted by Crippen LogP contribution is -1.99. The minimum atomic E-state index is -0.148. The first-order valence-corrected chi connectivity index (χ1v) is 7.74. The largest absolute Gasteiger partial charge is 0.459 e. The van der Waals surface area contributed by atoms with Gasteiger partial charge in [0.25, 0.3) is 0 Å². The van der Waals surface area contributed by atoms with E-state index >= 15 is 0 Å². The Morgan fingerprint density at radius 2 is 1.57 bits per heavy atom. The molecule has 0 aromatic carbocycles. The highest BCUT2D eigenvalue weighted by molar-refractivity contribution is 5.90. The average Bonchev–Trinajstić information content (AvgIpc) is 2.92. The van der Waals surface area contributed by atoms with E-state index in [0.29, 0.717) is 0 Å². The van der Waals surface area contributed by atoms with Crippen molar-refractivity contribution in [1.82, 2.24) is 0 Å². The fourth-order valence-electron chi connectivity index (χ4n) is 2.27. The summed E-state index contributed by atoms with van der Waals surface area (Å²) in [5, 5.41) is 0. The van der Waals surface area contributed by atoms with E-state index in [2.05, 4.69) is 6.92 Å². The molecule has 2 fully saturated rings. The van der Waals surface area contributed by atoms with Crippen LogP contribution in [0.1, 0.15) is 59.8 Å². The molecule has 0 saturated carbocycles. The fourth-order valence-corrected chi connectivity index (χ4v) is 2.27. The number of rotatable bonds is 3. The predicted octanol–water partition coefficient (Wildman–Crippen LogP) is 3.71. The third-order valence-corrected chi connectivity index (χ3v) is 3.45. The van der Waals surface area contributed by atoms with E-state index < -0.39 is 0 Å². The standard InChI is InChI=1S/C10H16O2.C7H10O2/c1-3-4-5-6-9-7-8(2)12-10(9)11;1-3-6-4-5(2)9-7(6)8/h6,8H,3-5,7H2,1-2H3;3,5H,4H2,1-2H3. The molecule has 21 heavy (non-hydrogen) atoms. The van der Waals surface area contributed by atoms with Gasteiger partial charge in [-0.15, -0.1) is 0 Å². The van der Waals surface area contributed by atoms with Gasteiger partial charge in [0, 0.05) is 24.0 Å². The summed E-state index contributed by atoms with van der Waals surface area (Å²) in [6.07, 6.45) is 8.92. The molecule has 2 unspecified atom stereocenters. The van der Waals surface area contributed by atoms with Crippen molar-refractivity contribution >= 4 is 11.9 Å². The number of unbranched alkanes of at least 4 members (excludes halogenated alkanes) is 2. The Hall–Kier alpha value is -1.58. The molecule has 2 aliphatic rings. The number of hydrogen-bond donors (Lipinski definition) is 0. The van der Waals surface area contributed by atoms with Gasteiger partial charge < -0.3 is 9.47 Å². The molecular formula is C17H26O4. The van der Waals surface area contributed by atoms with E-state index in [9.17, 15) is 9.59 Å². The van der Waals surface area contributed by atoms with E-state index in [1.807, 2.05) is 32.9 Å². The highest BCUT2D eigenvalue weighted by Crippen LogP contribution is 2.20. The summed E-state index contributed by atoms with van der Waals surface area (Å²) in [5.41, 5.74) is 1.68. The first-order chi connectivity index (χ1) is 9.97. The molecule has 2 heterocycles. The van der Waals surface area contributed by atoms with Crippen LogP contribution >= 0.6 is 0 Å². The summed E-state index contributed by atoms with van der Waals surface area (Å²) < 4.78 is 9.85. The second kappa shape index (κ2) is 8.65. The minimum absolute atomic E-state index is 0.0868. The number of cyclic esters (lactones) is 2. The molecule has 2 aliphatic heterocycles. The van der Waals surface area contributed by atoms with Crippen LogP contribution in [0.3, 0.4) is 0 Å². The summed E-state index contributed by atoms with van der Waals surface area (Å²) in [7, 11) is 0. The Bertz CT molecular complexity index is 434. The van der Waals surface area contributed by atoms with Crippen molar-refractivity contribution in [3.8, 4) is 0 Å². The highest BCUT2D eigenvalue weighted by Gasteiger charge is 2.24. The van der Waals surface area contributed by atoms with Crippen LogP contribution in [0.2, 0.25) is 0 Å². The maximum Gasteiger partial charge on any atom is 0.334 e. The SMILES string of the molecule is CC=C1CC(C)OC1=O.CCCCC=C1CC(C)OC1=O. The van der Waals surface area contributed by atoms with Crippen LogP contribution in [0.25, 0.3) is 0 Å². The van der Waals surface area contributed by atoms with Gasteiger partial charge in [0.15, 0.2) is 0 Å². The minimum Gasteiger partial charge on any atom is -0.459 e. The van der Waals surface area contributed by atoms with Gasteiger partial charge in [0.05, 0.1) is 0 Å². The molecule has 2 saturated heterocycles. The zero-order valence-corrected chi connectivity index (χ0v) is 13.5. The Labute approximate surface area is 127 Å². The number of esters is 2. The van der Waals surface area contributed by atoms with Crippen LogP contribution in [0.5, 0.6) is 0 Å². The van der Waals surface area contributed by atoms with Crippen LogP contribution in [-0.2, 0) is 19.1 Å².